The molecular weight excluding hydrogens is 404 g/mol. The molecule has 0 radical (unpaired) electrons. The van der Waals surface area contributed by atoms with Crippen molar-refractivity contribution in [3.8, 4) is 0 Å². The summed E-state index contributed by atoms with van der Waals surface area (Å²) in [5, 5.41) is 8.37. The van der Waals surface area contributed by atoms with E-state index in [0.29, 0.717) is 30.7 Å². The Hall–Kier alpha value is -2.05. The van der Waals surface area contributed by atoms with E-state index >= 15 is 0 Å². The van der Waals surface area contributed by atoms with Gasteiger partial charge in [-0.2, -0.15) is 5.10 Å². The molecule has 7 heteroatoms. The first-order valence-electron chi connectivity index (χ1n) is 12.5. The third-order valence-electron chi connectivity index (χ3n) is 9.20. The van der Waals surface area contributed by atoms with E-state index in [0.717, 1.165) is 30.5 Å². The van der Waals surface area contributed by atoms with E-state index in [1.54, 1.807) is 4.90 Å². The average Bonchev–Trinajstić information content (AvgIpc) is 3.43. The monoisotopic (exact) mass is 442 g/mol. The largest absolute Gasteiger partial charge is 0.453 e. The number of hydrogen-bond acceptors (Lipinski definition) is 4. The van der Waals surface area contributed by atoms with Crippen molar-refractivity contribution in [2.45, 2.75) is 97.2 Å². The molecule has 5 rings (SSSR count). The summed E-state index contributed by atoms with van der Waals surface area (Å²) < 4.78 is 7.11. The number of methoxy groups -OCH3 is 1. The maximum atomic E-state index is 13.7. The average molecular weight is 443 g/mol. The minimum Gasteiger partial charge on any atom is -0.453 e. The van der Waals surface area contributed by atoms with Crippen molar-refractivity contribution in [3.05, 3.63) is 17.0 Å². The molecule has 3 aliphatic carbocycles. The quantitative estimate of drug-likeness (QED) is 0.750. The highest BCUT2D eigenvalue weighted by molar-refractivity contribution is 5.94. The Morgan fingerprint density at radius 3 is 2.53 bits per heavy atom. The molecule has 1 aliphatic heterocycles. The van der Waals surface area contributed by atoms with E-state index < -0.39 is 0 Å². The Morgan fingerprint density at radius 1 is 1.12 bits per heavy atom. The van der Waals surface area contributed by atoms with Gasteiger partial charge in [0.1, 0.15) is 0 Å². The Balaban J connectivity index is 1.47. The SMILES string of the molecule is COC(=O)N1CCc2c(c(C(=O)NC3C4(C)CCC(C4)C3(C)C)nn2C2CCCCC2)C1. The number of aromatic nitrogens is 2. The van der Waals surface area contributed by atoms with Crippen LogP contribution in [0.4, 0.5) is 4.79 Å². The second-order valence-corrected chi connectivity index (χ2v) is 11.5. The molecule has 3 atom stereocenters. The molecule has 1 aromatic rings. The Labute approximate surface area is 191 Å². The molecule has 4 aliphatic rings. The van der Waals surface area contributed by atoms with Crippen molar-refractivity contribution in [1.82, 2.24) is 20.0 Å². The minimum atomic E-state index is -0.339. The molecule has 32 heavy (non-hydrogen) atoms. The zero-order chi connectivity index (χ0) is 22.7. The topological polar surface area (TPSA) is 76.5 Å². The summed E-state index contributed by atoms with van der Waals surface area (Å²) in [5.74, 6) is 0.593. The lowest BCUT2D eigenvalue weighted by molar-refractivity contribution is 0.0729. The van der Waals surface area contributed by atoms with Gasteiger partial charge in [-0.15, -0.1) is 0 Å². The first-order valence-corrected chi connectivity index (χ1v) is 12.5. The van der Waals surface area contributed by atoms with Gasteiger partial charge in [-0.3, -0.25) is 9.48 Å². The van der Waals surface area contributed by atoms with E-state index in [2.05, 4.69) is 30.8 Å². The van der Waals surface area contributed by atoms with Gasteiger partial charge in [0.25, 0.3) is 5.91 Å². The molecule has 2 bridgehead atoms. The van der Waals surface area contributed by atoms with Gasteiger partial charge in [0.2, 0.25) is 0 Å². The van der Waals surface area contributed by atoms with Gasteiger partial charge in [-0.25, -0.2) is 4.79 Å². The number of carbonyl (C=O) groups is 2. The number of nitrogens with zero attached hydrogens (tertiary/aromatic N) is 3. The van der Waals surface area contributed by atoms with Crippen molar-refractivity contribution in [2.75, 3.05) is 13.7 Å². The number of carbonyl (C=O) groups excluding carboxylic acids is 2. The zero-order valence-electron chi connectivity index (χ0n) is 20.1. The lowest BCUT2D eigenvalue weighted by Gasteiger charge is -2.43. The first-order chi connectivity index (χ1) is 15.2. The van der Waals surface area contributed by atoms with E-state index in [9.17, 15) is 9.59 Å². The first kappa shape index (κ1) is 21.8. The summed E-state index contributed by atoms with van der Waals surface area (Å²) in [6.07, 6.45) is 9.94. The predicted octanol–water partition coefficient (Wildman–Crippen LogP) is 4.46. The summed E-state index contributed by atoms with van der Waals surface area (Å²) in [4.78, 5) is 27.6. The van der Waals surface area contributed by atoms with Crippen LogP contribution in [-0.2, 0) is 17.7 Å². The molecule has 0 spiro atoms. The maximum absolute atomic E-state index is 13.7. The highest BCUT2D eigenvalue weighted by Gasteiger charge is 2.59. The molecule has 0 aromatic carbocycles. The third kappa shape index (κ3) is 3.34. The number of nitrogens with one attached hydrogen (secondary N) is 1. The molecule has 1 N–H and O–H groups in total. The molecule has 2 amide bonds. The van der Waals surface area contributed by atoms with Crippen LogP contribution in [0.5, 0.6) is 0 Å². The van der Waals surface area contributed by atoms with Crippen LogP contribution < -0.4 is 5.32 Å². The molecular formula is C25H38N4O3. The summed E-state index contributed by atoms with van der Waals surface area (Å²) in [5.41, 5.74) is 2.82. The number of rotatable bonds is 3. The van der Waals surface area contributed by atoms with Crippen LogP contribution in [0, 0.1) is 16.7 Å². The van der Waals surface area contributed by atoms with Crippen LogP contribution in [-0.4, -0.2) is 46.4 Å². The zero-order valence-corrected chi connectivity index (χ0v) is 20.1. The Kier molecular flexibility index (Phi) is 5.29. The fourth-order valence-corrected chi connectivity index (χ4v) is 7.40. The summed E-state index contributed by atoms with van der Waals surface area (Å²) >= 11 is 0. The fourth-order valence-electron chi connectivity index (χ4n) is 7.40. The van der Waals surface area contributed by atoms with Crippen LogP contribution in [0.1, 0.15) is 99.9 Å². The van der Waals surface area contributed by atoms with E-state index in [-0.39, 0.29) is 28.9 Å². The predicted molar refractivity (Wildman–Crippen MR) is 121 cm³/mol. The molecule has 0 saturated heterocycles. The van der Waals surface area contributed by atoms with Crippen molar-refractivity contribution < 1.29 is 14.3 Å². The van der Waals surface area contributed by atoms with Crippen LogP contribution in [0.3, 0.4) is 0 Å². The van der Waals surface area contributed by atoms with Crippen molar-refractivity contribution in [1.29, 1.82) is 0 Å². The Bertz CT molecular complexity index is 912. The van der Waals surface area contributed by atoms with Gasteiger partial charge in [-0.05, 0) is 48.9 Å². The molecule has 1 aromatic heterocycles. The number of amides is 2. The summed E-state index contributed by atoms with van der Waals surface area (Å²) in [6, 6.07) is 0.511. The smallest absolute Gasteiger partial charge is 0.409 e. The lowest BCUT2D eigenvalue weighted by Crippen LogP contribution is -2.52. The third-order valence-corrected chi connectivity index (χ3v) is 9.20. The van der Waals surface area contributed by atoms with Gasteiger partial charge < -0.3 is 15.0 Å². The Morgan fingerprint density at radius 2 is 1.88 bits per heavy atom. The molecule has 2 heterocycles. The second kappa shape index (κ2) is 7.77. The van der Waals surface area contributed by atoms with Gasteiger partial charge in [0.15, 0.2) is 5.69 Å². The fraction of sp³-hybridized carbons (Fsp3) is 0.800. The highest BCUT2D eigenvalue weighted by Crippen LogP contribution is 2.62. The standard InChI is InChI=1S/C25H38N4O3/c1-24(2)16-10-12-25(3,14-16)22(24)26-21(30)20-18-15-28(23(31)32-4)13-11-19(18)29(27-20)17-8-6-5-7-9-17/h16-17,22H,5-15H2,1-4H3,(H,26,30). The van der Waals surface area contributed by atoms with Gasteiger partial charge in [-0.1, -0.05) is 40.0 Å². The number of ether oxygens (including phenoxy) is 1. The molecule has 3 unspecified atom stereocenters. The van der Waals surface area contributed by atoms with Crippen molar-refractivity contribution >= 4 is 12.0 Å². The molecule has 3 fully saturated rings. The van der Waals surface area contributed by atoms with Gasteiger partial charge in [0, 0.05) is 30.3 Å². The lowest BCUT2D eigenvalue weighted by atomic mass is 9.68. The molecule has 176 valence electrons. The van der Waals surface area contributed by atoms with Crippen LogP contribution >= 0.6 is 0 Å². The van der Waals surface area contributed by atoms with Crippen molar-refractivity contribution in [3.63, 3.8) is 0 Å². The minimum absolute atomic E-state index is 0.0747. The number of hydrogen-bond donors (Lipinski definition) is 1. The van der Waals surface area contributed by atoms with Crippen LogP contribution in [0.15, 0.2) is 0 Å². The maximum Gasteiger partial charge on any atom is 0.409 e. The summed E-state index contributed by atoms with van der Waals surface area (Å²) in [7, 11) is 1.41. The number of fused-ring (bicyclic) bond motifs is 3. The van der Waals surface area contributed by atoms with E-state index in [1.165, 1.54) is 45.6 Å². The van der Waals surface area contributed by atoms with Crippen LogP contribution in [0.25, 0.3) is 0 Å². The molecule has 3 saturated carbocycles. The van der Waals surface area contributed by atoms with Crippen LogP contribution in [0.2, 0.25) is 0 Å². The normalized spacial score (nSPS) is 31.4. The van der Waals surface area contributed by atoms with Gasteiger partial charge in [0.05, 0.1) is 19.7 Å². The van der Waals surface area contributed by atoms with E-state index in [1.807, 2.05) is 0 Å². The highest BCUT2D eigenvalue weighted by atomic mass is 16.5. The van der Waals surface area contributed by atoms with Gasteiger partial charge >= 0.3 is 6.09 Å². The van der Waals surface area contributed by atoms with E-state index in [4.69, 9.17) is 9.84 Å². The van der Waals surface area contributed by atoms with Crippen molar-refractivity contribution in [2.24, 2.45) is 16.7 Å². The molecule has 7 nitrogen and oxygen atoms in total. The summed E-state index contributed by atoms with van der Waals surface area (Å²) in [6.45, 7) is 7.95. The second-order valence-electron chi connectivity index (χ2n) is 11.5.